The van der Waals surface area contributed by atoms with Crippen LogP contribution >= 0.6 is 11.3 Å². The van der Waals surface area contributed by atoms with Gasteiger partial charge in [-0.15, -0.1) is 11.3 Å². The smallest absolute Gasteiger partial charge is 0.300 e. The monoisotopic (exact) mass is 448 g/mol. The predicted octanol–water partition coefficient (Wildman–Crippen LogP) is 2.16. The first-order valence-corrected chi connectivity index (χ1v) is 11.0. The first kappa shape index (κ1) is 23.2. The third kappa shape index (κ3) is 5.82. The van der Waals surface area contributed by atoms with Gasteiger partial charge >= 0.3 is 0 Å². The zero-order valence-electron chi connectivity index (χ0n) is 17.4. The molecule has 31 heavy (non-hydrogen) atoms. The average molecular weight is 449 g/mol. The number of phenolic OH excluding ortho intramolecular Hbond substituents is 1. The van der Waals surface area contributed by atoms with Crippen molar-refractivity contribution in [3.05, 3.63) is 51.2 Å². The third-order valence-electron chi connectivity index (χ3n) is 5.32. The molecule has 2 aliphatic rings. The number of phenols is 1. The molecule has 0 radical (unpaired) electrons. The van der Waals surface area contributed by atoms with Crippen LogP contribution in [0.4, 0.5) is 0 Å². The fourth-order valence-corrected chi connectivity index (χ4v) is 5.19. The summed E-state index contributed by atoms with van der Waals surface area (Å²) < 4.78 is 6.17. The molecule has 1 atom stereocenters. The molecule has 3 heterocycles. The number of carbonyl (C=O) groups excluding carboxylic acids is 1. The number of piperidine rings is 1. The molecule has 168 valence electrons. The molecule has 1 aromatic carbocycles. The van der Waals surface area contributed by atoms with Gasteiger partial charge in [0.2, 0.25) is 0 Å². The van der Waals surface area contributed by atoms with E-state index in [1.165, 1.54) is 27.8 Å². The Morgan fingerprint density at radius 3 is 2.68 bits per heavy atom. The van der Waals surface area contributed by atoms with Gasteiger partial charge in [-0.3, -0.25) is 9.59 Å². The maximum Gasteiger partial charge on any atom is 0.300 e. The second-order valence-electron chi connectivity index (χ2n) is 7.65. The Morgan fingerprint density at radius 1 is 1.29 bits per heavy atom. The zero-order chi connectivity index (χ0) is 22.4. The van der Waals surface area contributed by atoms with E-state index in [0.29, 0.717) is 17.0 Å². The number of thiophene rings is 1. The van der Waals surface area contributed by atoms with Gasteiger partial charge in [-0.2, -0.15) is 0 Å². The fraction of sp³-hybridized carbons (Fsp3) is 0.455. The van der Waals surface area contributed by atoms with Crippen LogP contribution in [0.15, 0.2) is 30.3 Å². The van der Waals surface area contributed by atoms with Crippen molar-refractivity contribution in [3.63, 3.8) is 0 Å². The predicted molar refractivity (Wildman–Crippen MR) is 116 cm³/mol. The number of aliphatic hydroxyl groups is 1. The number of carboxylic acid groups (broad SMARTS) is 1. The maximum atomic E-state index is 12.6. The molecule has 2 aromatic rings. The van der Waals surface area contributed by atoms with Crippen LogP contribution in [-0.2, 0) is 21.6 Å². The van der Waals surface area contributed by atoms with E-state index in [1.807, 2.05) is 6.07 Å². The topological polar surface area (TPSA) is 128 Å². The second-order valence-corrected chi connectivity index (χ2v) is 8.70. The number of nitrogens with one attached hydrogen (secondary N) is 2. The average Bonchev–Trinajstić information content (AvgIpc) is 3.18. The fourth-order valence-electron chi connectivity index (χ4n) is 3.86. The van der Waals surface area contributed by atoms with Crippen molar-refractivity contribution in [1.29, 1.82) is 0 Å². The minimum Gasteiger partial charge on any atom is -0.508 e. The van der Waals surface area contributed by atoms with Gasteiger partial charge < -0.3 is 30.7 Å². The Kier molecular flexibility index (Phi) is 7.66. The van der Waals surface area contributed by atoms with Crippen molar-refractivity contribution in [2.24, 2.45) is 0 Å². The molecule has 0 aliphatic carbocycles. The van der Waals surface area contributed by atoms with Crippen LogP contribution in [0.3, 0.4) is 0 Å². The molecule has 0 saturated carbocycles. The summed E-state index contributed by atoms with van der Waals surface area (Å²) in [5.74, 6) is -0.922. The first-order chi connectivity index (χ1) is 14.8. The summed E-state index contributed by atoms with van der Waals surface area (Å²) in [5.41, 5.74) is 1.54. The summed E-state index contributed by atoms with van der Waals surface area (Å²) in [6.45, 7) is 3.72. The SMILES string of the molecule is CC(=O)O.O=C(NCC(O)c1cccc(O)c1)c1cc2c(s1)C1(CCNCC1)OCC2. The number of hydrogen-bond acceptors (Lipinski definition) is 7. The molecule has 8 nitrogen and oxygen atoms in total. The van der Waals surface area contributed by atoms with Gasteiger partial charge in [0.25, 0.3) is 11.9 Å². The molecular weight excluding hydrogens is 420 g/mol. The first-order valence-electron chi connectivity index (χ1n) is 10.2. The van der Waals surface area contributed by atoms with E-state index in [-0.39, 0.29) is 23.8 Å². The van der Waals surface area contributed by atoms with E-state index in [9.17, 15) is 15.0 Å². The second kappa shape index (κ2) is 10.2. The number of aliphatic hydroxyl groups excluding tert-OH is 1. The summed E-state index contributed by atoms with van der Waals surface area (Å²) in [5, 5.41) is 33.4. The van der Waals surface area contributed by atoms with Crippen molar-refractivity contribution in [2.75, 3.05) is 26.2 Å². The van der Waals surface area contributed by atoms with Crippen molar-refractivity contribution in [3.8, 4) is 5.75 Å². The highest BCUT2D eigenvalue weighted by molar-refractivity contribution is 7.14. The van der Waals surface area contributed by atoms with E-state index in [2.05, 4.69) is 10.6 Å². The van der Waals surface area contributed by atoms with Gasteiger partial charge in [-0.25, -0.2) is 0 Å². The van der Waals surface area contributed by atoms with Crippen molar-refractivity contribution < 1.29 is 29.6 Å². The number of aliphatic carboxylic acids is 1. The van der Waals surface area contributed by atoms with Crippen LogP contribution in [0.25, 0.3) is 0 Å². The molecule has 1 amide bonds. The maximum absolute atomic E-state index is 12.6. The third-order valence-corrected chi connectivity index (χ3v) is 6.68. The summed E-state index contributed by atoms with van der Waals surface area (Å²) in [6.07, 6.45) is 1.82. The minimum absolute atomic E-state index is 0.0936. The summed E-state index contributed by atoms with van der Waals surface area (Å²) in [7, 11) is 0. The van der Waals surface area contributed by atoms with E-state index >= 15 is 0 Å². The number of benzene rings is 1. The molecule has 1 saturated heterocycles. The molecule has 0 bridgehead atoms. The van der Waals surface area contributed by atoms with Crippen LogP contribution in [0.2, 0.25) is 0 Å². The van der Waals surface area contributed by atoms with E-state index in [1.54, 1.807) is 18.2 Å². The Labute approximate surface area is 184 Å². The summed E-state index contributed by atoms with van der Waals surface area (Å²) in [6, 6.07) is 8.41. The zero-order valence-corrected chi connectivity index (χ0v) is 18.2. The highest BCUT2D eigenvalue weighted by atomic mass is 32.1. The highest BCUT2D eigenvalue weighted by Crippen LogP contribution is 2.44. The van der Waals surface area contributed by atoms with Gasteiger partial charge in [0.1, 0.15) is 11.4 Å². The largest absolute Gasteiger partial charge is 0.508 e. The molecular formula is C22H28N2O6S. The highest BCUT2D eigenvalue weighted by Gasteiger charge is 2.41. The molecule has 9 heteroatoms. The lowest BCUT2D eigenvalue weighted by Gasteiger charge is -2.40. The van der Waals surface area contributed by atoms with Crippen molar-refractivity contribution >= 4 is 23.2 Å². The van der Waals surface area contributed by atoms with Gasteiger partial charge in [0.05, 0.1) is 17.6 Å². The van der Waals surface area contributed by atoms with Crippen LogP contribution in [0.1, 0.15) is 51.5 Å². The lowest BCUT2D eigenvalue weighted by molar-refractivity contribution is -0.134. The standard InChI is InChI=1S/C20H24N2O4S.C2H4O2/c23-15-3-1-2-13(10-15)16(24)12-22-19(25)17-11-14-4-9-26-20(18(14)27-17)5-7-21-8-6-20;1-2(3)4/h1-3,10-11,16,21,23-24H,4-9,12H2,(H,22,25);1H3,(H,3,4). The molecule has 1 unspecified atom stereocenters. The van der Waals surface area contributed by atoms with Crippen LogP contribution in [-0.4, -0.2) is 53.4 Å². The van der Waals surface area contributed by atoms with Gasteiger partial charge in [-0.05, 0) is 61.7 Å². The Bertz CT molecular complexity index is 918. The molecule has 5 N–H and O–H groups in total. The Balaban J connectivity index is 0.000000628. The number of rotatable bonds is 4. The number of hydrogen-bond donors (Lipinski definition) is 5. The lowest BCUT2D eigenvalue weighted by atomic mass is 9.86. The van der Waals surface area contributed by atoms with Crippen LogP contribution < -0.4 is 10.6 Å². The van der Waals surface area contributed by atoms with Gasteiger partial charge in [0, 0.05) is 18.3 Å². The molecule has 1 fully saturated rings. The summed E-state index contributed by atoms with van der Waals surface area (Å²) >= 11 is 1.51. The quantitative estimate of drug-likeness (QED) is 0.485. The number of fused-ring (bicyclic) bond motifs is 2. The Hall–Kier alpha value is -2.46. The van der Waals surface area contributed by atoms with Crippen LogP contribution in [0.5, 0.6) is 5.75 Å². The minimum atomic E-state index is -0.866. The number of carbonyl (C=O) groups is 2. The van der Waals surface area contributed by atoms with Gasteiger partial charge in [-0.1, -0.05) is 12.1 Å². The van der Waals surface area contributed by atoms with Crippen molar-refractivity contribution in [2.45, 2.75) is 37.9 Å². The number of carboxylic acids is 1. The Morgan fingerprint density at radius 2 is 2.00 bits per heavy atom. The molecule has 2 aliphatic heterocycles. The number of amides is 1. The van der Waals surface area contributed by atoms with E-state index < -0.39 is 12.1 Å². The number of aromatic hydroxyl groups is 1. The number of ether oxygens (including phenoxy) is 1. The van der Waals surface area contributed by atoms with E-state index in [0.717, 1.165) is 39.3 Å². The molecule has 1 aromatic heterocycles. The van der Waals surface area contributed by atoms with Crippen molar-refractivity contribution in [1.82, 2.24) is 10.6 Å². The molecule has 1 spiro atoms. The van der Waals surface area contributed by atoms with E-state index in [4.69, 9.17) is 14.6 Å². The molecule has 4 rings (SSSR count). The lowest BCUT2D eigenvalue weighted by Crippen LogP contribution is -2.43. The summed E-state index contributed by atoms with van der Waals surface area (Å²) in [4.78, 5) is 23.5. The van der Waals surface area contributed by atoms with Crippen LogP contribution in [0, 0.1) is 0 Å². The normalized spacial score (nSPS) is 17.7. The van der Waals surface area contributed by atoms with Gasteiger partial charge in [0.15, 0.2) is 0 Å².